The van der Waals surface area contributed by atoms with Crippen molar-refractivity contribution in [1.82, 2.24) is 8.61 Å². The van der Waals surface area contributed by atoms with E-state index < -0.39 is 0 Å². The molecule has 0 bridgehead atoms. The third kappa shape index (κ3) is 7.53. The molecule has 0 unspecified atom stereocenters. The van der Waals surface area contributed by atoms with Crippen LogP contribution in [0.4, 0.5) is 9.59 Å². The summed E-state index contributed by atoms with van der Waals surface area (Å²) in [5, 5.41) is 2.25. The number of hydrogen-bond donors (Lipinski definition) is 0. The van der Waals surface area contributed by atoms with Crippen LogP contribution in [0.5, 0.6) is 0 Å². The zero-order chi connectivity index (χ0) is 22.2. The van der Waals surface area contributed by atoms with Crippen molar-refractivity contribution in [3.8, 4) is 0 Å². The maximum atomic E-state index is 12.4. The second kappa shape index (κ2) is 13.2. The summed E-state index contributed by atoms with van der Waals surface area (Å²) in [7, 11) is 5.67. The van der Waals surface area contributed by atoms with Crippen molar-refractivity contribution >= 4 is 86.7 Å². The molecule has 2 aliphatic heterocycles. The number of rotatable bonds is 6. The van der Waals surface area contributed by atoms with Crippen molar-refractivity contribution in [3.63, 3.8) is 0 Å². The summed E-state index contributed by atoms with van der Waals surface area (Å²) < 4.78 is 4.64. The molecule has 2 aromatic carbocycles. The van der Waals surface area contributed by atoms with Crippen LogP contribution in [0.1, 0.15) is 38.5 Å². The van der Waals surface area contributed by atoms with Gasteiger partial charge in [0.15, 0.2) is 0 Å². The van der Waals surface area contributed by atoms with Crippen molar-refractivity contribution in [2.75, 3.05) is 26.2 Å². The highest BCUT2D eigenvalue weighted by molar-refractivity contribution is 8.86. The van der Waals surface area contributed by atoms with E-state index >= 15 is 0 Å². The first-order chi connectivity index (χ1) is 15.7. The van der Waals surface area contributed by atoms with Gasteiger partial charge in [0.25, 0.3) is 8.89 Å². The molecule has 0 atom stereocenters. The smallest absolute Gasteiger partial charge is 0.271 e. The zero-order valence-electron chi connectivity index (χ0n) is 17.7. The minimum Gasteiger partial charge on any atom is -0.272 e. The lowest BCUT2D eigenvalue weighted by Crippen LogP contribution is -2.23. The number of piperidine rings is 2. The van der Waals surface area contributed by atoms with E-state index in [1.165, 1.54) is 106 Å². The normalized spacial score (nSPS) is 18.1. The van der Waals surface area contributed by atoms with Gasteiger partial charge in [-0.25, -0.2) is 8.61 Å². The Morgan fingerprint density at radius 3 is 1.41 bits per heavy atom. The van der Waals surface area contributed by atoms with Crippen LogP contribution in [0.2, 0.25) is 0 Å². The van der Waals surface area contributed by atoms with E-state index in [9.17, 15) is 9.59 Å². The van der Waals surface area contributed by atoms with E-state index in [0.29, 0.717) is 0 Å². The Labute approximate surface area is 214 Å². The van der Waals surface area contributed by atoms with Gasteiger partial charge < -0.3 is 0 Å². The van der Waals surface area contributed by atoms with Crippen molar-refractivity contribution in [2.45, 2.75) is 48.3 Å². The number of carbonyl (C=O) groups excluding carboxylic acids is 2. The molecule has 2 saturated heterocycles. The number of benzene rings is 2. The molecule has 2 aromatic rings. The fourth-order valence-electron chi connectivity index (χ4n) is 3.70. The lowest BCUT2D eigenvalue weighted by molar-refractivity contribution is 0.274. The second-order valence-electron chi connectivity index (χ2n) is 7.60. The number of nitrogens with zero attached hydrogens (tertiary/aromatic N) is 2. The number of hydrogen-bond acceptors (Lipinski definition) is 10. The summed E-state index contributed by atoms with van der Waals surface area (Å²) in [5.41, 5.74) is 0. The Hall–Kier alpha value is 0.0600. The standard InChI is InChI=1S/C22H26N2O2S6/c25-21(27-23-13-5-1-6-14-23)31-29-19-11-12-20(18-10-4-3-9-17(18)19)30-32-22(26)28-24-15-7-2-8-16-24/h3-4,9-12H,1-2,5-8,13-16H2. The molecule has 0 aromatic heterocycles. The molecule has 4 nitrogen and oxygen atoms in total. The van der Waals surface area contributed by atoms with Gasteiger partial charge in [-0.05, 0) is 91.8 Å². The number of carbonyl (C=O) groups is 2. The quantitative estimate of drug-likeness (QED) is 0.261. The maximum Gasteiger partial charge on any atom is 0.271 e. The van der Waals surface area contributed by atoms with Gasteiger partial charge in [0.2, 0.25) is 0 Å². The molecule has 2 heterocycles. The molecule has 0 aliphatic carbocycles. The summed E-state index contributed by atoms with van der Waals surface area (Å²) in [6.45, 7) is 4.01. The van der Waals surface area contributed by atoms with Crippen LogP contribution in [-0.4, -0.2) is 43.7 Å². The molecular weight excluding hydrogens is 517 g/mol. The van der Waals surface area contributed by atoms with Crippen molar-refractivity contribution in [3.05, 3.63) is 36.4 Å². The SMILES string of the molecule is O=C(SSc1ccc(SSC(=O)SN2CCCCC2)c2ccccc12)SN1CCCCC1. The zero-order valence-corrected chi connectivity index (χ0v) is 22.6. The van der Waals surface area contributed by atoms with Crippen LogP contribution in [0, 0.1) is 0 Å². The Bertz CT molecular complexity index is 857. The fourth-order valence-corrected chi connectivity index (χ4v) is 9.96. The third-order valence-corrected chi connectivity index (χ3v) is 12.4. The highest BCUT2D eigenvalue weighted by Gasteiger charge is 2.18. The first kappa shape index (κ1) is 25.2. The largest absolute Gasteiger partial charge is 0.272 e. The molecule has 2 aliphatic rings. The van der Waals surface area contributed by atoms with Crippen LogP contribution in [0.3, 0.4) is 0 Å². The maximum absolute atomic E-state index is 12.4. The number of fused-ring (bicyclic) bond motifs is 1. The van der Waals surface area contributed by atoms with Gasteiger partial charge in [0.05, 0.1) is 0 Å². The highest BCUT2D eigenvalue weighted by Crippen LogP contribution is 2.45. The minimum absolute atomic E-state index is 0.135. The average Bonchev–Trinajstić information content (AvgIpc) is 2.83. The van der Waals surface area contributed by atoms with Gasteiger partial charge in [-0.15, -0.1) is 0 Å². The minimum atomic E-state index is 0.135. The summed E-state index contributed by atoms with van der Waals surface area (Å²) in [4.78, 5) is 27.1. The lowest BCUT2D eigenvalue weighted by atomic mass is 10.1. The first-order valence-electron chi connectivity index (χ1n) is 10.8. The Kier molecular flexibility index (Phi) is 10.4. The molecule has 0 N–H and O–H groups in total. The molecule has 32 heavy (non-hydrogen) atoms. The summed E-state index contributed by atoms with van der Waals surface area (Å²) >= 11 is 2.72. The van der Waals surface area contributed by atoms with Crippen LogP contribution in [0.25, 0.3) is 10.8 Å². The molecule has 0 saturated carbocycles. The van der Waals surface area contributed by atoms with E-state index in [1.54, 1.807) is 0 Å². The van der Waals surface area contributed by atoms with Gasteiger partial charge in [0, 0.05) is 59.9 Å². The van der Waals surface area contributed by atoms with E-state index in [0.717, 1.165) is 46.7 Å². The monoisotopic (exact) mass is 542 g/mol. The van der Waals surface area contributed by atoms with Gasteiger partial charge in [0.1, 0.15) is 0 Å². The fraction of sp³-hybridized carbons (Fsp3) is 0.455. The Morgan fingerprint density at radius 2 is 1.00 bits per heavy atom. The van der Waals surface area contributed by atoms with E-state index in [-0.39, 0.29) is 8.89 Å². The van der Waals surface area contributed by atoms with Gasteiger partial charge in [-0.2, -0.15) is 0 Å². The molecule has 2 fully saturated rings. The van der Waals surface area contributed by atoms with Crippen LogP contribution >= 0.6 is 67.1 Å². The summed E-state index contributed by atoms with van der Waals surface area (Å²) in [6, 6.07) is 12.4. The average molecular weight is 543 g/mol. The predicted molar refractivity (Wildman–Crippen MR) is 148 cm³/mol. The van der Waals surface area contributed by atoms with Crippen LogP contribution < -0.4 is 0 Å². The Morgan fingerprint density at radius 1 is 0.594 bits per heavy atom. The van der Waals surface area contributed by atoms with Crippen molar-refractivity contribution in [1.29, 1.82) is 0 Å². The van der Waals surface area contributed by atoms with E-state index in [4.69, 9.17) is 0 Å². The third-order valence-electron chi connectivity index (χ3n) is 5.28. The summed E-state index contributed by atoms with van der Waals surface area (Å²) in [5.74, 6) is 0. The summed E-state index contributed by atoms with van der Waals surface area (Å²) in [6.07, 6.45) is 7.25. The second-order valence-corrected chi connectivity index (χ2v) is 14.5. The van der Waals surface area contributed by atoms with Crippen LogP contribution in [-0.2, 0) is 0 Å². The predicted octanol–water partition coefficient (Wildman–Crippen LogP) is 8.83. The highest BCUT2D eigenvalue weighted by atomic mass is 33.1. The first-order valence-corrected chi connectivity index (χ1v) is 16.7. The van der Waals surface area contributed by atoms with Gasteiger partial charge >= 0.3 is 0 Å². The molecular formula is C22H26N2O2S6. The molecule has 10 heteroatoms. The topological polar surface area (TPSA) is 40.6 Å². The van der Waals surface area contributed by atoms with Crippen LogP contribution in [0.15, 0.2) is 46.2 Å². The van der Waals surface area contributed by atoms with Crippen molar-refractivity contribution in [2.24, 2.45) is 0 Å². The molecule has 4 rings (SSSR count). The molecule has 0 spiro atoms. The van der Waals surface area contributed by atoms with E-state index in [1.807, 2.05) is 12.1 Å². The lowest BCUT2D eigenvalue weighted by Gasteiger charge is -2.23. The van der Waals surface area contributed by atoms with E-state index in [2.05, 4.69) is 32.9 Å². The van der Waals surface area contributed by atoms with Gasteiger partial charge in [-0.1, -0.05) is 37.1 Å². The molecule has 0 radical (unpaired) electrons. The molecule has 172 valence electrons. The van der Waals surface area contributed by atoms with Crippen molar-refractivity contribution < 1.29 is 9.59 Å². The Balaban J connectivity index is 1.34. The van der Waals surface area contributed by atoms with Gasteiger partial charge in [-0.3, -0.25) is 9.59 Å². The molecule has 0 amide bonds.